The molecule has 0 saturated heterocycles. The molecule has 15 heavy (non-hydrogen) atoms. The van der Waals surface area contributed by atoms with Crippen LogP contribution in [-0.4, -0.2) is 6.61 Å². The van der Waals surface area contributed by atoms with Gasteiger partial charge < -0.3 is 4.74 Å². The third kappa shape index (κ3) is 2.36. The van der Waals surface area contributed by atoms with Crippen molar-refractivity contribution in [3.05, 3.63) is 28.2 Å². The molecule has 1 aromatic carbocycles. The molecule has 82 valence electrons. The van der Waals surface area contributed by atoms with Gasteiger partial charge in [-0.3, -0.25) is 0 Å². The molecule has 0 unspecified atom stereocenters. The van der Waals surface area contributed by atoms with Crippen LogP contribution < -0.4 is 4.74 Å². The minimum Gasteiger partial charge on any atom is -0.492 e. The number of benzene rings is 1. The monoisotopic (exact) mass is 268 g/mol. The number of para-hydroxylation sites is 1. The highest BCUT2D eigenvalue weighted by Gasteiger charge is 2.30. The van der Waals surface area contributed by atoms with E-state index in [9.17, 15) is 0 Å². The Morgan fingerprint density at radius 2 is 2.20 bits per heavy atom. The molecule has 1 aliphatic carbocycles. The van der Waals surface area contributed by atoms with E-state index in [0.717, 1.165) is 22.7 Å². The van der Waals surface area contributed by atoms with E-state index in [1.807, 2.05) is 13.0 Å². The molecule has 1 aromatic rings. The highest BCUT2D eigenvalue weighted by molar-refractivity contribution is 9.10. The Hall–Kier alpha value is -0.500. The normalized spacial score (nSPS) is 17.5. The first-order valence-electron chi connectivity index (χ1n) is 5.65. The summed E-state index contributed by atoms with van der Waals surface area (Å²) in [5.41, 5.74) is 1.36. The maximum Gasteiger partial charge on any atom is 0.136 e. The van der Waals surface area contributed by atoms with E-state index in [4.69, 9.17) is 4.74 Å². The van der Waals surface area contributed by atoms with E-state index < -0.39 is 0 Å². The first-order valence-corrected chi connectivity index (χ1v) is 6.44. The molecule has 0 aromatic heterocycles. The molecule has 2 rings (SSSR count). The van der Waals surface area contributed by atoms with Crippen molar-refractivity contribution in [2.24, 2.45) is 5.92 Å². The van der Waals surface area contributed by atoms with Crippen LogP contribution in [0.4, 0.5) is 0 Å². The van der Waals surface area contributed by atoms with E-state index >= 15 is 0 Å². The Kier molecular flexibility index (Phi) is 3.35. The lowest BCUT2D eigenvalue weighted by Crippen LogP contribution is -2.02. The highest BCUT2D eigenvalue weighted by Crippen LogP contribution is 2.46. The quantitative estimate of drug-likeness (QED) is 0.789. The topological polar surface area (TPSA) is 9.23 Å². The SMILES string of the molecule is CCOc1c(Br)cccc1[C@H](C)C1CC1. The molecule has 1 nitrogen and oxygen atoms in total. The Labute approximate surface area is 100.0 Å². The molecule has 0 N–H and O–H groups in total. The first kappa shape index (κ1) is 11.0. The number of hydrogen-bond donors (Lipinski definition) is 0. The Morgan fingerprint density at radius 3 is 2.80 bits per heavy atom. The van der Waals surface area contributed by atoms with Gasteiger partial charge in [0.2, 0.25) is 0 Å². The van der Waals surface area contributed by atoms with Crippen LogP contribution in [0.1, 0.15) is 38.2 Å². The molecule has 1 saturated carbocycles. The van der Waals surface area contributed by atoms with Crippen LogP contribution in [0.3, 0.4) is 0 Å². The van der Waals surface area contributed by atoms with Crippen molar-refractivity contribution >= 4 is 15.9 Å². The van der Waals surface area contributed by atoms with Crippen LogP contribution in [0.25, 0.3) is 0 Å². The lowest BCUT2D eigenvalue weighted by molar-refractivity contribution is 0.331. The first-order chi connectivity index (χ1) is 7.24. The van der Waals surface area contributed by atoms with E-state index in [2.05, 4.69) is 35.0 Å². The van der Waals surface area contributed by atoms with Crippen LogP contribution in [-0.2, 0) is 0 Å². The molecule has 0 spiro atoms. The molecule has 0 heterocycles. The number of rotatable bonds is 4. The largest absolute Gasteiger partial charge is 0.492 e. The third-order valence-corrected chi connectivity index (χ3v) is 3.73. The molecular formula is C13H17BrO. The van der Waals surface area contributed by atoms with Gasteiger partial charge in [0, 0.05) is 0 Å². The highest BCUT2D eigenvalue weighted by atomic mass is 79.9. The Bertz CT molecular complexity index is 344. The summed E-state index contributed by atoms with van der Waals surface area (Å²) in [6.07, 6.45) is 2.75. The number of halogens is 1. The summed E-state index contributed by atoms with van der Waals surface area (Å²) in [7, 11) is 0. The average molecular weight is 269 g/mol. The van der Waals surface area contributed by atoms with Crippen molar-refractivity contribution in [2.75, 3.05) is 6.61 Å². The van der Waals surface area contributed by atoms with Gasteiger partial charge >= 0.3 is 0 Å². The summed E-state index contributed by atoms with van der Waals surface area (Å²) < 4.78 is 6.80. The van der Waals surface area contributed by atoms with Crippen molar-refractivity contribution in [2.45, 2.75) is 32.6 Å². The average Bonchev–Trinajstić information content (AvgIpc) is 3.04. The Balaban J connectivity index is 2.31. The summed E-state index contributed by atoms with van der Waals surface area (Å²) in [6, 6.07) is 6.34. The maximum atomic E-state index is 5.72. The van der Waals surface area contributed by atoms with Crippen LogP contribution in [0.5, 0.6) is 5.75 Å². The zero-order valence-corrected chi connectivity index (χ0v) is 10.9. The van der Waals surface area contributed by atoms with E-state index in [1.54, 1.807) is 0 Å². The van der Waals surface area contributed by atoms with Gasteiger partial charge in [-0.05, 0) is 59.2 Å². The van der Waals surface area contributed by atoms with E-state index in [0.29, 0.717) is 5.92 Å². The minimum atomic E-state index is 0.629. The van der Waals surface area contributed by atoms with Crippen molar-refractivity contribution < 1.29 is 4.74 Å². The Morgan fingerprint density at radius 1 is 1.47 bits per heavy atom. The van der Waals surface area contributed by atoms with Crippen molar-refractivity contribution in [1.82, 2.24) is 0 Å². The zero-order valence-electron chi connectivity index (χ0n) is 9.29. The lowest BCUT2D eigenvalue weighted by Gasteiger charge is -2.17. The summed E-state index contributed by atoms with van der Waals surface area (Å²) in [6.45, 7) is 5.07. The van der Waals surface area contributed by atoms with Crippen molar-refractivity contribution in [3.8, 4) is 5.75 Å². The van der Waals surface area contributed by atoms with Gasteiger partial charge in [0.05, 0.1) is 11.1 Å². The zero-order chi connectivity index (χ0) is 10.8. The molecule has 2 heteroatoms. The van der Waals surface area contributed by atoms with Gasteiger partial charge in [-0.25, -0.2) is 0 Å². The van der Waals surface area contributed by atoms with Crippen LogP contribution >= 0.6 is 15.9 Å². The predicted molar refractivity (Wildman–Crippen MR) is 66.5 cm³/mol. The standard InChI is InChI=1S/C13H17BrO/c1-3-15-13-11(5-4-6-12(13)14)9(2)10-7-8-10/h4-6,9-10H,3,7-8H2,1-2H3/t9-/m1/s1. The summed E-state index contributed by atoms with van der Waals surface area (Å²) >= 11 is 3.56. The molecule has 1 fully saturated rings. The molecule has 0 aliphatic heterocycles. The van der Waals surface area contributed by atoms with Gasteiger partial charge in [-0.1, -0.05) is 19.1 Å². The molecule has 1 atom stereocenters. The van der Waals surface area contributed by atoms with Crippen LogP contribution in [0, 0.1) is 5.92 Å². The molecule has 1 aliphatic rings. The second-order valence-electron chi connectivity index (χ2n) is 4.22. The van der Waals surface area contributed by atoms with Crippen LogP contribution in [0.2, 0.25) is 0 Å². The molecular weight excluding hydrogens is 252 g/mol. The lowest BCUT2D eigenvalue weighted by atomic mass is 9.95. The number of ether oxygens (including phenoxy) is 1. The molecule has 0 bridgehead atoms. The van der Waals surface area contributed by atoms with E-state index in [1.165, 1.54) is 18.4 Å². The smallest absolute Gasteiger partial charge is 0.136 e. The van der Waals surface area contributed by atoms with Gasteiger partial charge in [-0.2, -0.15) is 0 Å². The minimum absolute atomic E-state index is 0.629. The third-order valence-electron chi connectivity index (χ3n) is 3.11. The molecule has 0 radical (unpaired) electrons. The van der Waals surface area contributed by atoms with Crippen molar-refractivity contribution in [3.63, 3.8) is 0 Å². The number of hydrogen-bond acceptors (Lipinski definition) is 1. The fraction of sp³-hybridized carbons (Fsp3) is 0.538. The fourth-order valence-corrected chi connectivity index (χ4v) is 2.53. The van der Waals surface area contributed by atoms with Gasteiger partial charge in [0.15, 0.2) is 0 Å². The van der Waals surface area contributed by atoms with Gasteiger partial charge in [-0.15, -0.1) is 0 Å². The van der Waals surface area contributed by atoms with Gasteiger partial charge in [0.25, 0.3) is 0 Å². The van der Waals surface area contributed by atoms with E-state index in [-0.39, 0.29) is 0 Å². The predicted octanol–water partition coefficient (Wildman–Crippen LogP) is 4.36. The second kappa shape index (κ2) is 4.56. The second-order valence-corrected chi connectivity index (χ2v) is 5.07. The molecule has 0 amide bonds. The maximum absolute atomic E-state index is 5.72. The summed E-state index contributed by atoms with van der Waals surface area (Å²) in [5, 5.41) is 0. The summed E-state index contributed by atoms with van der Waals surface area (Å²) in [5.74, 6) is 2.54. The van der Waals surface area contributed by atoms with Gasteiger partial charge in [0.1, 0.15) is 5.75 Å². The fourth-order valence-electron chi connectivity index (χ4n) is 2.03. The summed E-state index contributed by atoms with van der Waals surface area (Å²) in [4.78, 5) is 0. The van der Waals surface area contributed by atoms with Crippen molar-refractivity contribution in [1.29, 1.82) is 0 Å². The van der Waals surface area contributed by atoms with Crippen LogP contribution in [0.15, 0.2) is 22.7 Å².